The van der Waals surface area contributed by atoms with Crippen LogP contribution in [0.1, 0.15) is 67.7 Å². The minimum atomic E-state index is -5.09. The summed E-state index contributed by atoms with van der Waals surface area (Å²) in [6.07, 6.45) is -3.12. The first-order chi connectivity index (χ1) is 18.7. The summed E-state index contributed by atoms with van der Waals surface area (Å²) in [5, 5.41) is 20.6. The van der Waals surface area contributed by atoms with Crippen LogP contribution in [-0.2, 0) is 33.5 Å². The Labute approximate surface area is 229 Å². The molecule has 2 aliphatic carbocycles. The molecule has 40 heavy (non-hydrogen) atoms. The van der Waals surface area contributed by atoms with E-state index in [1.54, 1.807) is 17.0 Å². The van der Waals surface area contributed by atoms with Crippen molar-refractivity contribution in [1.29, 1.82) is 0 Å². The number of amides is 1. The number of carboxylic acids is 1. The lowest BCUT2D eigenvalue weighted by molar-refractivity contribution is -0.228. The number of likely N-dealkylation sites (tertiary alicyclic amines) is 1. The van der Waals surface area contributed by atoms with Gasteiger partial charge in [0.1, 0.15) is 11.4 Å². The third kappa shape index (κ3) is 4.67. The molecular formula is C30H32F5NO4. The highest BCUT2D eigenvalue weighted by atomic mass is 19.4. The summed E-state index contributed by atoms with van der Waals surface area (Å²) in [5.74, 6) is -2.44. The Kier molecular flexibility index (Phi) is 7.00. The Bertz CT molecular complexity index is 1300. The first-order valence-corrected chi connectivity index (χ1v) is 13.6. The van der Waals surface area contributed by atoms with Crippen LogP contribution >= 0.6 is 0 Å². The van der Waals surface area contributed by atoms with Gasteiger partial charge < -0.3 is 15.1 Å². The smallest absolute Gasteiger partial charge is 0.426 e. The molecule has 2 fully saturated rings. The predicted octanol–water partition coefficient (Wildman–Crippen LogP) is 5.61. The molecule has 2 N–H and O–H groups in total. The van der Waals surface area contributed by atoms with Gasteiger partial charge in [-0.2, -0.15) is 13.2 Å². The van der Waals surface area contributed by atoms with Gasteiger partial charge in [-0.15, -0.1) is 0 Å². The molecule has 0 spiro atoms. The van der Waals surface area contributed by atoms with Crippen LogP contribution in [-0.4, -0.2) is 51.4 Å². The number of carboxylic acid groups (broad SMARTS) is 1. The fourth-order valence-corrected chi connectivity index (χ4v) is 7.06. The summed E-state index contributed by atoms with van der Waals surface area (Å²) in [5.41, 5.74) is -4.35. The Morgan fingerprint density at radius 1 is 1.00 bits per heavy atom. The Morgan fingerprint density at radius 2 is 1.65 bits per heavy atom. The van der Waals surface area contributed by atoms with Crippen LogP contribution < -0.4 is 0 Å². The first-order valence-electron chi connectivity index (χ1n) is 13.6. The van der Waals surface area contributed by atoms with Gasteiger partial charge in [0, 0.05) is 18.0 Å². The molecule has 216 valence electrons. The van der Waals surface area contributed by atoms with E-state index >= 15 is 0 Å². The molecule has 1 aliphatic heterocycles. The number of hydrogen-bond acceptors (Lipinski definition) is 3. The average Bonchev–Trinajstić information content (AvgIpc) is 3.28. The van der Waals surface area contributed by atoms with Crippen molar-refractivity contribution < 1.29 is 41.8 Å². The fraction of sp³-hybridized carbons (Fsp3) is 0.533. The van der Waals surface area contributed by atoms with Crippen molar-refractivity contribution in [3.05, 3.63) is 70.5 Å². The van der Waals surface area contributed by atoms with Gasteiger partial charge in [-0.1, -0.05) is 30.3 Å². The third-order valence-electron chi connectivity index (χ3n) is 9.47. The lowest BCUT2D eigenvalue weighted by atomic mass is 9.63. The van der Waals surface area contributed by atoms with Crippen LogP contribution in [0.4, 0.5) is 22.0 Å². The topological polar surface area (TPSA) is 77.8 Å². The highest BCUT2D eigenvalue weighted by Crippen LogP contribution is 2.52. The number of aliphatic hydroxyl groups is 1. The number of alkyl halides is 4. The Balaban J connectivity index is 1.52. The number of halogens is 5. The third-order valence-corrected chi connectivity index (χ3v) is 9.47. The molecule has 0 aromatic heterocycles. The summed E-state index contributed by atoms with van der Waals surface area (Å²) in [6, 6.07) is 9.49. The number of nitrogens with zero attached hydrogens (tertiary/aromatic N) is 1. The maximum absolute atomic E-state index is 14.9. The van der Waals surface area contributed by atoms with Crippen LogP contribution in [0.15, 0.2) is 42.5 Å². The van der Waals surface area contributed by atoms with Gasteiger partial charge in [-0.25, -0.2) is 8.78 Å². The van der Waals surface area contributed by atoms with E-state index in [4.69, 9.17) is 0 Å². The van der Waals surface area contributed by atoms with Gasteiger partial charge in [0.25, 0.3) is 5.91 Å². The number of rotatable bonds is 5. The Hall–Kier alpha value is -3.01. The summed E-state index contributed by atoms with van der Waals surface area (Å²) < 4.78 is 69.0. The normalized spacial score (nSPS) is 29.8. The molecule has 2 aromatic rings. The molecule has 1 saturated carbocycles. The SMILES string of the molecule is CC(F)(c1ccc2c(c1)CC[C@H]1N(C(=O)[C@]3(O)CC[C@@H](C(=O)O)CC3)CC[C@@]21Cc1ccc(F)cc1)C(F)(F)F. The van der Waals surface area contributed by atoms with E-state index in [9.17, 15) is 41.8 Å². The van der Waals surface area contributed by atoms with Gasteiger partial charge in [0.2, 0.25) is 5.67 Å². The molecule has 1 unspecified atom stereocenters. The zero-order valence-corrected chi connectivity index (χ0v) is 22.1. The monoisotopic (exact) mass is 565 g/mol. The zero-order valence-electron chi connectivity index (χ0n) is 22.1. The lowest BCUT2D eigenvalue weighted by Gasteiger charge is -2.46. The fourth-order valence-electron chi connectivity index (χ4n) is 7.06. The maximum Gasteiger partial charge on any atom is 0.426 e. The molecule has 5 nitrogen and oxygen atoms in total. The number of aryl methyl sites for hydroxylation is 1. The van der Waals surface area contributed by atoms with Crippen LogP contribution in [0, 0.1) is 11.7 Å². The summed E-state index contributed by atoms with van der Waals surface area (Å²) in [4.78, 5) is 26.8. The largest absolute Gasteiger partial charge is 0.481 e. The summed E-state index contributed by atoms with van der Waals surface area (Å²) in [7, 11) is 0. The van der Waals surface area contributed by atoms with Crippen molar-refractivity contribution in [2.75, 3.05) is 6.54 Å². The molecule has 1 heterocycles. The molecule has 1 amide bonds. The number of carbonyl (C=O) groups excluding carboxylic acids is 1. The lowest BCUT2D eigenvalue weighted by Crippen LogP contribution is -2.56. The highest BCUT2D eigenvalue weighted by Gasteiger charge is 2.57. The number of fused-ring (bicyclic) bond motifs is 3. The Morgan fingerprint density at radius 3 is 2.25 bits per heavy atom. The van der Waals surface area contributed by atoms with Gasteiger partial charge in [0.15, 0.2) is 0 Å². The van der Waals surface area contributed by atoms with Crippen molar-refractivity contribution >= 4 is 11.9 Å². The predicted molar refractivity (Wildman–Crippen MR) is 136 cm³/mol. The second-order valence-corrected chi connectivity index (χ2v) is 11.8. The van der Waals surface area contributed by atoms with Crippen molar-refractivity contribution in [3.8, 4) is 0 Å². The van der Waals surface area contributed by atoms with E-state index in [1.807, 2.05) is 0 Å². The quantitative estimate of drug-likeness (QED) is 0.463. The van der Waals surface area contributed by atoms with Gasteiger partial charge in [0.05, 0.1) is 5.92 Å². The molecule has 0 bridgehead atoms. The van der Waals surface area contributed by atoms with E-state index in [1.165, 1.54) is 24.3 Å². The number of aliphatic carboxylic acids is 1. The molecule has 1 saturated heterocycles. The van der Waals surface area contributed by atoms with Crippen LogP contribution in [0.25, 0.3) is 0 Å². The zero-order chi connectivity index (χ0) is 29.1. The van der Waals surface area contributed by atoms with E-state index in [-0.39, 0.29) is 25.7 Å². The van der Waals surface area contributed by atoms with E-state index in [0.717, 1.165) is 17.2 Å². The number of carbonyl (C=O) groups is 2. The van der Waals surface area contributed by atoms with E-state index < -0.39 is 58.1 Å². The van der Waals surface area contributed by atoms with Gasteiger partial charge in [-0.05, 0) is 92.7 Å². The summed E-state index contributed by atoms with van der Waals surface area (Å²) >= 11 is 0. The summed E-state index contributed by atoms with van der Waals surface area (Å²) in [6.45, 7) is 0.796. The highest BCUT2D eigenvalue weighted by molar-refractivity contribution is 5.86. The molecule has 2 aromatic carbocycles. The minimum absolute atomic E-state index is 0.0312. The van der Waals surface area contributed by atoms with E-state index in [2.05, 4.69) is 0 Å². The van der Waals surface area contributed by atoms with E-state index in [0.29, 0.717) is 44.7 Å². The van der Waals surface area contributed by atoms with Gasteiger partial charge in [-0.3, -0.25) is 9.59 Å². The average molecular weight is 566 g/mol. The molecule has 0 radical (unpaired) electrons. The second kappa shape index (κ2) is 9.82. The van der Waals surface area contributed by atoms with Crippen molar-refractivity contribution in [2.45, 2.75) is 87.2 Å². The second-order valence-electron chi connectivity index (χ2n) is 11.8. The molecule has 3 atom stereocenters. The van der Waals surface area contributed by atoms with Crippen molar-refractivity contribution in [3.63, 3.8) is 0 Å². The molecule has 3 aliphatic rings. The number of hydrogen-bond donors (Lipinski definition) is 2. The van der Waals surface area contributed by atoms with Crippen molar-refractivity contribution in [1.82, 2.24) is 4.90 Å². The molecular weight excluding hydrogens is 533 g/mol. The standard InChI is InChI=1S/C30H32F5NO4/c1-27(32,30(33,34)35)21-5-8-23-20(16-21)4-9-24-28(23,17-18-2-6-22(31)7-3-18)14-15-36(24)26(39)29(40)12-10-19(11-13-29)25(37)38/h2-3,5-8,16,19,24,40H,4,9-15,17H2,1H3,(H,37,38)/t19-,24-,27?,28-,29+/m1/s1. The molecule has 10 heteroatoms. The number of benzene rings is 2. The van der Waals surface area contributed by atoms with Crippen molar-refractivity contribution in [2.24, 2.45) is 5.92 Å². The van der Waals surface area contributed by atoms with Crippen LogP contribution in [0.3, 0.4) is 0 Å². The first kappa shape index (κ1) is 28.5. The van der Waals surface area contributed by atoms with Crippen LogP contribution in [0.2, 0.25) is 0 Å². The minimum Gasteiger partial charge on any atom is -0.481 e. The van der Waals surface area contributed by atoms with Crippen LogP contribution in [0.5, 0.6) is 0 Å². The molecule has 5 rings (SSSR count). The maximum atomic E-state index is 14.9. The van der Waals surface area contributed by atoms with Gasteiger partial charge >= 0.3 is 12.1 Å².